The first-order chi connectivity index (χ1) is 18.3. The summed E-state index contributed by atoms with van der Waals surface area (Å²) in [6.45, 7) is 5.74. The Morgan fingerprint density at radius 1 is 0.368 bits per heavy atom. The van der Waals surface area contributed by atoms with Crippen LogP contribution in [0.15, 0.2) is 0 Å². The fraction of sp³-hybridized carbons (Fsp3) is 1.00. The molecule has 0 atom stereocenters. The van der Waals surface area contributed by atoms with Crippen LogP contribution in [0, 0.1) is 10.2 Å². The zero-order valence-electron chi connectivity index (χ0n) is 26.3. The molecule has 0 bridgehead atoms. The SMILES string of the molecule is CCCCCCCCCCCCCCP(CCCCCC)(CCCCCC)(CCCCCC)O[Cl+3]([O-])([O-])[O-]. The van der Waals surface area contributed by atoms with E-state index in [4.69, 9.17) is 4.08 Å². The molecule has 0 N–H and O–H groups in total. The second-order valence-electron chi connectivity index (χ2n) is 12.3. The van der Waals surface area contributed by atoms with Crippen LogP contribution in [0.1, 0.15) is 182 Å². The number of hydrogen-bond donors (Lipinski definition) is 0. The van der Waals surface area contributed by atoms with Crippen molar-refractivity contribution in [1.82, 2.24) is 0 Å². The van der Waals surface area contributed by atoms with E-state index in [9.17, 15) is 14.0 Å². The zero-order valence-corrected chi connectivity index (χ0v) is 27.9. The van der Waals surface area contributed by atoms with E-state index in [-0.39, 0.29) is 0 Å². The van der Waals surface area contributed by atoms with Crippen molar-refractivity contribution in [2.24, 2.45) is 0 Å². The first kappa shape index (κ1) is 38.6. The summed E-state index contributed by atoms with van der Waals surface area (Å²) >= 11 is 0. The minimum absolute atomic E-state index is 0.830. The van der Waals surface area contributed by atoms with Gasteiger partial charge in [0, 0.05) is 0 Å². The Morgan fingerprint density at radius 2 is 0.579 bits per heavy atom. The van der Waals surface area contributed by atoms with E-state index in [0.717, 1.165) is 95.3 Å². The van der Waals surface area contributed by atoms with Gasteiger partial charge in [0.1, 0.15) is 0 Å². The number of hydrogen-bond acceptors (Lipinski definition) is 4. The number of rotatable bonds is 30. The topological polar surface area (TPSA) is 78.4 Å². The third-order valence-electron chi connectivity index (χ3n) is 8.59. The molecule has 0 saturated heterocycles. The Kier molecular flexibility index (Phi) is 24.5. The van der Waals surface area contributed by atoms with Crippen LogP contribution >= 0.6 is 6.83 Å². The van der Waals surface area contributed by atoms with Crippen LogP contribution in [-0.4, -0.2) is 24.6 Å². The number of halogens is 1. The Balaban J connectivity index is 5.23. The summed E-state index contributed by atoms with van der Waals surface area (Å²) in [5.74, 6) is 0. The van der Waals surface area contributed by atoms with E-state index in [1.165, 1.54) is 83.5 Å². The van der Waals surface area contributed by atoms with Crippen LogP contribution in [0.25, 0.3) is 0 Å². The maximum atomic E-state index is 12.3. The second kappa shape index (κ2) is 24.2. The Morgan fingerprint density at radius 3 is 0.816 bits per heavy atom. The fourth-order valence-corrected chi connectivity index (χ4v) is 14.7. The molecule has 0 aromatic rings. The normalized spacial score (nSPS) is 13.6. The molecule has 38 heavy (non-hydrogen) atoms. The Bertz CT molecular complexity index is 478. The molecule has 0 unspecified atom stereocenters. The van der Waals surface area contributed by atoms with Gasteiger partial charge in [0.15, 0.2) is 0 Å². The van der Waals surface area contributed by atoms with E-state index < -0.39 is 17.1 Å². The molecular formula is C32H68ClO4P. The van der Waals surface area contributed by atoms with Crippen LogP contribution in [0.4, 0.5) is 0 Å². The molecule has 0 aliphatic heterocycles. The number of unbranched alkanes of at least 4 members (excludes halogenated alkanes) is 20. The van der Waals surface area contributed by atoms with Crippen molar-refractivity contribution < 1.29 is 28.3 Å². The van der Waals surface area contributed by atoms with Gasteiger partial charge in [0.2, 0.25) is 0 Å². The molecule has 0 spiro atoms. The molecule has 4 nitrogen and oxygen atoms in total. The van der Waals surface area contributed by atoms with Gasteiger partial charge in [0.25, 0.3) is 0 Å². The van der Waals surface area contributed by atoms with Crippen molar-refractivity contribution in [3.63, 3.8) is 0 Å². The summed E-state index contributed by atoms with van der Waals surface area (Å²) in [5.41, 5.74) is 0. The van der Waals surface area contributed by atoms with Crippen LogP contribution in [0.5, 0.6) is 0 Å². The second-order valence-corrected chi connectivity index (χ2v) is 19.1. The first-order valence-electron chi connectivity index (χ1n) is 16.9. The van der Waals surface area contributed by atoms with E-state index in [0.29, 0.717) is 0 Å². The summed E-state index contributed by atoms with van der Waals surface area (Å²) < 4.78 is 42.8. The Hall–Kier alpha value is 0.560. The summed E-state index contributed by atoms with van der Waals surface area (Å²) in [6.07, 6.45) is 32.1. The minimum atomic E-state index is -4.41. The summed E-state index contributed by atoms with van der Waals surface area (Å²) in [4.78, 5) is 0. The third-order valence-corrected chi connectivity index (χ3v) is 16.6. The maximum absolute atomic E-state index is 12.3. The predicted octanol–water partition coefficient (Wildman–Crippen LogP) is 8.81. The van der Waals surface area contributed by atoms with Crippen molar-refractivity contribution in [2.75, 3.05) is 24.6 Å². The van der Waals surface area contributed by atoms with Crippen molar-refractivity contribution in [2.45, 2.75) is 182 Å². The monoisotopic (exact) mass is 582 g/mol. The third kappa shape index (κ3) is 20.4. The van der Waals surface area contributed by atoms with Crippen molar-refractivity contribution in [3.05, 3.63) is 0 Å². The summed E-state index contributed by atoms with van der Waals surface area (Å²) in [6, 6.07) is 0. The molecular weight excluding hydrogens is 515 g/mol. The molecule has 0 aromatic carbocycles. The van der Waals surface area contributed by atoms with Gasteiger partial charge in [0.05, 0.1) is 0 Å². The van der Waals surface area contributed by atoms with Gasteiger partial charge in [-0.25, -0.2) is 0 Å². The molecule has 0 rings (SSSR count). The van der Waals surface area contributed by atoms with Gasteiger partial charge in [-0.2, -0.15) is 0 Å². The molecule has 0 aliphatic carbocycles. The molecule has 0 aromatic heterocycles. The summed E-state index contributed by atoms with van der Waals surface area (Å²) in [5, 5.41) is 0. The van der Waals surface area contributed by atoms with E-state index in [1.54, 1.807) is 0 Å². The average Bonchev–Trinajstić information content (AvgIpc) is 2.87. The van der Waals surface area contributed by atoms with Crippen LogP contribution in [0.2, 0.25) is 0 Å². The quantitative estimate of drug-likeness (QED) is 0.0626. The molecule has 0 amide bonds. The molecule has 232 valence electrons. The van der Waals surface area contributed by atoms with Crippen molar-refractivity contribution in [3.8, 4) is 0 Å². The molecule has 0 heterocycles. The Labute approximate surface area is 241 Å². The van der Waals surface area contributed by atoms with Crippen LogP contribution in [-0.2, 0) is 4.08 Å². The van der Waals surface area contributed by atoms with Gasteiger partial charge >= 0.3 is 228 Å². The average molecular weight is 583 g/mol. The zero-order chi connectivity index (χ0) is 28.5. The van der Waals surface area contributed by atoms with Crippen LogP contribution < -0.4 is 14.0 Å². The van der Waals surface area contributed by atoms with Gasteiger partial charge in [-0.15, -0.1) is 0 Å². The summed E-state index contributed by atoms with van der Waals surface area (Å²) in [7, 11) is -4.41. The molecule has 6 heteroatoms. The molecule has 0 saturated carbocycles. The predicted molar refractivity (Wildman–Crippen MR) is 161 cm³/mol. The van der Waals surface area contributed by atoms with E-state index >= 15 is 0 Å². The van der Waals surface area contributed by atoms with Crippen molar-refractivity contribution >= 4 is 6.83 Å². The molecule has 0 fully saturated rings. The van der Waals surface area contributed by atoms with Gasteiger partial charge in [-0.1, -0.05) is 13.3 Å². The molecule has 0 radical (unpaired) electrons. The van der Waals surface area contributed by atoms with Crippen LogP contribution in [0.3, 0.4) is 0 Å². The van der Waals surface area contributed by atoms with Gasteiger partial charge in [-0.05, 0) is 0 Å². The first-order valence-corrected chi connectivity index (χ1v) is 21.0. The fourth-order valence-electron chi connectivity index (χ4n) is 6.22. The molecule has 0 aliphatic rings. The van der Waals surface area contributed by atoms with Gasteiger partial charge < -0.3 is 0 Å². The van der Waals surface area contributed by atoms with Gasteiger partial charge in [-0.3, -0.25) is 0 Å². The standard InChI is InChI=1S/C32H68ClO4P/c1-5-9-13-17-18-19-20-21-22-23-24-28-32-38(37-33(34,35)36,29-25-14-10-6-2,30-26-15-11-7-3)31-27-16-12-8-4/h5-32H2,1-4H3. The van der Waals surface area contributed by atoms with E-state index in [1.807, 2.05) is 0 Å². The van der Waals surface area contributed by atoms with Crippen molar-refractivity contribution in [1.29, 1.82) is 0 Å². The van der Waals surface area contributed by atoms with E-state index in [2.05, 4.69) is 27.7 Å².